The third kappa shape index (κ3) is 2.36. The maximum Gasteiger partial charge on any atom is 0.0468 e. The van der Waals surface area contributed by atoms with Crippen molar-refractivity contribution in [2.75, 3.05) is 5.73 Å². The highest BCUT2D eigenvalue weighted by Gasteiger charge is 2.09. The molecule has 0 amide bonds. The Hall–Kier alpha value is -0.800. The fourth-order valence-electron chi connectivity index (χ4n) is 1.71. The molecule has 0 bridgehead atoms. The molecule has 1 unspecified atom stereocenters. The lowest BCUT2D eigenvalue weighted by atomic mass is 10.0. The number of nitrogen functional groups attached to an aromatic ring is 1. The first-order valence-corrected chi connectivity index (χ1v) is 5.94. The van der Waals surface area contributed by atoms with E-state index >= 15 is 0 Å². The molecule has 1 aromatic heterocycles. The monoisotopic (exact) mass is 208 g/mol. The molecule has 0 aliphatic heterocycles. The molecule has 2 nitrogen and oxygen atoms in total. The predicted octanol–water partition coefficient (Wildman–Crippen LogP) is 2.53. The number of hydrogen-bond donors (Lipinski definition) is 2. The van der Waals surface area contributed by atoms with Crippen molar-refractivity contribution in [3.8, 4) is 0 Å². The van der Waals surface area contributed by atoms with Crippen LogP contribution in [0.4, 0.5) is 5.69 Å². The van der Waals surface area contributed by atoms with Crippen LogP contribution in [0.2, 0.25) is 0 Å². The number of allylic oxidation sites excluding steroid dienone is 1. The minimum atomic E-state index is 0.640. The van der Waals surface area contributed by atoms with E-state index in [-0.39, 0.29) is 0 Å². The molecule has 0 aromatic carbocycles. The second kappa shape index (κ2) is 4.62. The van der Waals surface area contributed by atoms with E-state index in [0.29, 0.717) is 6.04 Å². The molecule has 76 valence electrons. The first kappa shape index (κ1) is 9.74. The summed E-state index contributed by atoms with van der Waals surface area (Å²) in [6.45, 7) is 0.919. The Morgan fingerprint density at radius 3 is 3.07 bits per heavy atom. The number of nitrogens with two attached hydrogens (primary N) is 1. The smallest absolute Gasteiger partial charge is 0.0468 e. The third-order valence-corrected chi connectivity index (χ3v) is 3.54. The van der Waals surface area contributed by atoms with Crippen molar-refractivity contribution in [2.45, 2.75) is 31.8 Å². The van der Waals surface area contributed by atoms with Crippen molar-refractivity contribution in [3.05, 3.63) is 28.5 Å². The average molecular weight is 208 g/mol. The Labute approximate surface area is 88.8 Å². The van der Waals surface area contributed by atoms with Gasteiger partial charge in [-0.3, -0.25) is 0 Å². The SMILES string of the molecule is Nc1ccsc1CNC1CC=CCC1. The summed E-state index contributed by atoms with van der Waals surface area (Å²) in [6, 6.07) is 2.61. The molecule has 1 atom stereocenters. The van der Waals surface area contributed by atoms with Crippen molar-refractivity contribution in [2.24, 2.45) is 0 Å². The summed E-state index contributed by atoms with van der Waals surface area (Å²) in [6.07, 6.45) is 8.14. The molecule has 1 heterocycles. The van der Waals surface area contributed by atoms with E-state index in [9.17, 15) is 0 Å². The van der Waals surface area contributed by atoms with Gasteiger partial charge in [0.05, 0.1) is 0 Å². The highest BCUT2D eigenvalue weighted by Crippen LogP contribution is 2.19. The molecular weight excluding hydrogens is 192 g/mol. The summed E-state index contributed by atoms with van der Waals surface area (Å²) >= 11 is 1.73. The predicted molar refractivity (Wildman–Crippen MR) is 62.4 cm³/mol. The van der Waals surface area contributed by atoms with Crippen LogP contribution in [0, 0.1) is 0 Å². The van der Waals surface area contributed by atoms with Crippen LogP contribution in [0.25, 0.3) is 0 Å². The Bertz CT molecular complexity index is 317. The van der Waals surface area contributed by atoms with Crippen molar-refractivity contribution < 1.29 is 0 Å². The minimum Gasteiger partial charge on any atom is -0.398 e. The van der Waals surface area contributed by atoms with Crippen LogP contribution in [-0.2, 0) is 6.54 Å². The van der Waals surface area contributed by atoms with Crippen LogP contribution in [-0.4, -0.2) is 6.04 Å². The lowest BCUT2D eigenvalue weighted by Gasteiger charge is -2.18. The van der Waals surface area contributed by atoms with Crippen molar-refractivity contribution >= 4 is 17.0 Å². The number of anilines is 1. The summed E-state index contributed by atoms with van der Waals surface area (Å²) in [7, 11) is 0. The number of nitrogens with one attached hydrogen (secondary N) is 1. The zero-order chi connectivity index (χ0) is 9.80. The average Bonchev–Trinajstić information content (AvgIpc) is 2.63. The Balaban J connectivity index is 1.82. The Kier molecular flexibility index (Phi) is 3.22. The molecule has 0 spiro atoms. The van der Waals surface area contributed by atoms with Crippen LogP contribution in [0.5, 0.6) is 0 Å². The first-order chi connectivity index (χ1) is 6.86. The standard InChI is InChI=1S/C11H16N2S/c12-10-6-7-14-11(10)8-13-9-4-2-1-3-5-9/h1-2,6-7,9,13H,3-5,8,12H2. The van der Waals surface area contributed by atoms with E-state index in [2.05, 4.69) is 17.5 Å². The number of rotatable bonds is 3. The fraction of sp³-hybridized carbons (Fsp3) is 0.455. The van der Waals surface area contributed by atoms with Crippen molar-refractivity contribution in [1.29, 1.82) is 0 Å². The molecule has 0 saturated carbocycles. The van der Waals surface area contributed by atoms with Crippen LogP contribution in [0.3, 0.4) is 0 Å². The molecule has 1 aromatic rings. The van der Waals surface area contributed by atoms with Crippen LogP contribution in [0.15, 0.2) is 23.6 Å². The number of hydrogen-bond acceptors (Lipinski definition) is 3. The first-order valence-electron chi connectivity index (χ1n) is 5.06. The maximum absolute atomic E-state index is 5.81. The van der Waals surface area contributed by atoms with Gasteiger partial charge in [-0.05, 0) is 30.7 Å². The largest absolute Gasteiger partial charge is 0.398 e. The quantitative estimate of drug-likeness (QED) is 0.749. The number of thiophene rings is 1. The van der Waals surface area contributed by atoms with Gasteiger partial charge in [0.2, 0.25) is 0 Å². The van der Waals surface area contributed by atoms with Gasteiger partial charge in [0.25, 0.3) is 0 Å². The van der Waals surface area contributed by atoms with Gasteiger partial charge in [-0.25, -0.2) is 0 Å². The summed E-state index contributed by atoms with van der Waals surface area (Å²) in [5.74, 6) is 0. The molecule has 0 fully saturated rings. The van der Waals surface area contributed by atoms with Gasteiger partial charge in [-0.15, -0.1) is 11.3 Å². The van der Waals surface area contributed by atoms with E-state index < -0.39 is 0 Å². The van der Waals surface area contributed by atoms with E-state index in [4.69, 9.17) is 5.73 Å². The Morgan fingerprint density at radius 2 is 2.43 bits per heavy atom. The van der Waals surface area contributed by atoms with Crippen LogP contribution >= 0.6 is 11.3 Å². The summed E-state index contributed by atoms with van der Waals surface area (Å²) in [5.41, 5.74) is 6.74. The molecule has 1 aliphatic carbocycles. The molecule has 14 heavy (non-hydrogen) atoms. The lowest BCUT2D eigenvalue weighted by molar-refractivity contribution is 0.477. The van der Waals surface area contributed by atoms with Gasteiger partial charge >= 0.3 is 0 Å². The van der Waals surface area contributed by atoms with Gasteiger partial charge < -0.3 is 11.1 Å². The van der Waals surface area contributed by atoms with E-state index in [1.54, 1.807) is 11.3 Å². The summed E-state index contributed by atoms with van der Waals surface area (Å²) in [4.78, 5) is 1.26. The third-order valence-electron chi connectivity index (χ3n) is 2.60. The summed E-state index contributed by atoms with van der Waals surface area (Å²) in [5, 5.41) is 5.59. The summed E-state index contributed by atoms with van der Waals surface area (Å²) < 4.78 is 0. The fourth-order valence-corrected chi connectivity index (χ4v) is 2.46. The second-order valence-electron chi connectivity index (χ2n) is 3.66. The van der Waals surface area contributed by atoms with Gasteiger partial charge in [0, 0.05) is 23.2 Å². The van der Waals surface area contributed by atoms with Crippen LogP contribution < -0.4 is 11.1 Å². The maximum atomic E-state index is 5.81. The minimum absolute atomic E-state index is 0.640. The van der Waals surface area contributed by atoms with Gasteiger partial charge in [-0.2, -0.15) is 0 Å². The van der Waals surface area contributed by atoms with E-state index in [0.717, 1.165) is 18.7 Å². The molecule has 0 saturated heterocycles. The highest BCUT2D eigenvalue weighted by molar-refractivity contribution is 7.10. The lowest BCUT2D eigenvalue weighted by Crippen LogP contribution is -2.29. The van der Waals surface area contributed by atoms with Crippen molar-refractivity contribution in [1.82, 2.24) is 5.32 Å². The van der Waals surface area contributed by atoms with Gasteiger partial charge in [-0.1, -0.05) is 12.2 Å². The van der Waals surface area contributed by atoms with Gasteiger partial charge in [0.1, 0.15) is 0 Å². The Morgan fingerprint density at radius 1 is 1.50 bits per heavy atom. The molecule has 2 rings (SSSR count). The van der Waals surface area contributed by atoms with Crippen molar-refractivity contribution in [3.63, 3.8) is 0 Å². The molecule has 3 N–H and O–H groups in total. The molecule has 1 aliphatic rings. The van der Waals surface area contributed by atoms with Gasteiger partial charge in [0.15, 0.2) is 0 Å². The zero-order valence-corrected chi connectivity index (χ0v) is 9.02. The highest BCUT2D eigenvalue weighted by atomic mass is 32.1. The molecular formula is C11H16N2S. The second-order valence-corrected chi connectivity index (χ2v) is 4.66. The van der Waals surface area contributed by atoms with E-state index in [1.807, 2.05) is 11.4 Å². The van der Waals surface area contributed by atoms with Crippen LogP contribution in [0.1, 0.15) is 24.1 Å². The topological polar surface area (TPSA) is 38.0 Å². The zero-order valence-electron chi connectivity index (χ0n) is 8.20. The molecule has 0 radical (unpaired) electrons. The molecule has 3 heteroatoms. The normalized spacial score (nSPS) is 21.3. The van der Waals surface area contributed by atoms with E-state index in [1.165, 1.54) is 17.7 Å².